The van der Waals surface area contributed by atoms with E-state index >= 15 is 0 Å². The van der Waals surface area contributed by atoms with Gasteiger partial charge in [-0.15, -0.1) is 0 Å². The number of aryl methyl sites for hydroxylation is 1. The van der Waals surface area contributed by atoms with Crippen molar-refractivity contribution in [1.29, 1.82) is 0 Å². The molecular weight excluding hydrogens is 294 g/mol. The smallest absolute Gasteiger partial charge is 0.207 e. The lowest BCUT2D eigenvalue weighted by atomic mass is 10.1. The minimum atomic E-state index is -3.51. The Labute approximate surface area is 130 Å². The lowest BCUT2D eigenvalue weighted by Gasteiger charge is -2.08. The van der Waals surface area contributed by atoms with Crippen LogP contribution in [0, 0.1) is 6.92 Å². The fraction of sp³-hybridized carbons (Fsp3) is 0.111. The van der Waals surface area contributed by atoms with Gasteiger partial charge in [0.15, 0.2) is 0 Å². The average Bonchev–Trinajstić information content (AvgIpc) is 2.54. The first-order chi connectivity index (χ1) is 10.5. The van der Waals surface area contributed by atoms with Crippen LogP contribution in [0.5, 0.6) is 0 Å². The van der Waals surface area contributed by atoms with Crippen LogP contribution in [0.4, 0.5) is 0 Å². The molecule has 0 atom stereocenters. The summed E-state index contributed by atoms with van der Waals surface area (Å²) >= 11 is 0. The maximum absolute atomic E-state index is 12.4. The predicted octanol–water partition coefficient (Wildman–Crippen LogP) is 3.63. The summed E-state index contributed by atoms with van der Waals surface area (Å²) in [4.78, 5) is 0.290. The van der Waals surface area contributed by atoms with Gasteiger partial charge in [0.2, 0.25) is 10.0 Å². The summed E-state index contributed by atoms with van der Waals surface area (Å²) in [6.45, 7) is 2.29. The molecule has 0 aromatic heterocycles. The molecule has 112 valence electrons. The van der Waals surface area contributed by atoms with Gasteiger partial charge in [-0.1, -0.05) is 60.2 Å². The third kappa shape index (κ3) is 3.18. The predicted molar refractivity (Wildman–Crippen MR) is 89.2 cm³/mol. The Morgan fingerprint density at radius 3 is 2.27 bits per heavy atom. The van der Waals surface area contributed by atoms with Crippen LogP contribution in [-0.4, -0.2) is 8.42 Å². The molecule has 0 fully saturated rings. The average molecular weight is 311 g/mol. The zero-order valence-corrected chi connectivity index (χ0v) is 13.1. The second-order valence-electron chi connectivity index (χ2n) is 5.32. The number of hydrogen-bond donors (Lipinski definition) is 1. The largest absolute Gasteiger partial charge is 0.240 e. The summed E-state index contributed by atoms with van der Waals surface area (Å²) in [6.07, 6.45) is 0. The van der Waals surface area contributed by atoms with Crippen LogP contribution < -0.4 is 4.72 Å². The molecule has 0 aliphatic rings. The van der Waals surface area contributed by atoms with Gasteiger partial charge in [-0.2, -0.15) is 0 Å². The normalized spacial score (nSPS) is 11.7. The van der Waals surface area contributed by atoms with Gasteiger partial charge < -0.3 is 0 Å². The molecule has 3 rings (SSSR count). The van der Waals surface area contributed by atoms with E-state index in [4.69, 9.17) is 0 Å². The van der Waals surface area contributed by atoms with Gasteiger partial charge in [0, 0.05) is 6.54 Å². The van der Waals surface area contributed by atoms with E-state index in [2.05, 4.69) is 4.72 Å². The molecule has 3 nitrogen and oxygen atoms in total. The molecule has 0 saturated heterocycles. The highest BCUT2D eigenvalue weighted by atomic mass is 32.2. The van der Waals surface area contributed by atoms with E-state index in [1.807, 2.05) is 61.5 Å². The third-order valence-corrected chi connectivity index (χ3v) is 5.02. The highest BCUT2D eigenvalue weighted by molar-refractivity contribution is 7.89. The standard InChI is InChI=1S/C18H17NO2S/c1-14-6-8-15(9-7-14)13-19-22(20,21)18-11-10-16-4-2-3-5-17(16)12-18/h2-12,19H,13H2,1H3. The van der Waals surface area contributed by atoms with Crippen molar-refractivity contribution < 1.29 is 8.42 Å². The SMILES string of the molecule is Cc1ccc(CNS(=O)(=O)c2ccc3ccccc3c2)cc1. The van der Waals surface area contributed by atoms with Crippen LogP contribution in [-0.2, 0) is 16.6 Å². The Balaban J connectivity index is 1.83. The van der Waals surface area contributed by atoms with E-state index in [-0.39, 0.29) is 6.54 Å². The Kier molecular flexibility index (Phi) is 3.96. The van der Waals surface area contributed by atoms with Crippen molar-refractivity contribution in [3.63, 3.8) is 0 Å². The van der Waals surface area contributed by atoms with E-state index in [0.29, 0.717) is 4.90 Å². The summed E-state index contributed by atoms with van der Waals surface area (Å²) in [5.74, 6) is 0. The van der Waals surface area contributed by atoms with Crippen LogP contribution in [0.25, 0.3) is 10.8 Å². The molecule has 3 aromatic rings. The molecule has 0 aliphatic carbocycles. The monoisotopic (exact) mass is 311 g/mol. The molecule has 0 saturated carbocycles. The van der Waals surface area contributed by atoms with Crippen molar-refractivity contribution in [1.82, 2.24) is 4.72 Å². The molecule has 0 aliphatic heterocycles. The molecule has 1 N–H and O–H groups in total. The first-order valence-corrected chi connectivity index (χ1v) is 8.57. The molecule has 0 bridgehead atoms. The summed E-state index contributed by atoms with van der Waals surface area (Å²) in [5.41, 5.74) is 2.09. The number of rotatable bonds is 4. The van der Waals surface area contributed by atoms with Crippen molar-refractivity contribution in [2.45, 2.75) is 18.4 Å². The molecule has 0 radical (unpaired) electrons. The molecule has 3 aromatic carbocycles. The quantitative estimate of drug-likeness (QED) is 0.800. The Bertz CT molecular complexity index is 900. The third-order valence-electron chi connectivity index (χ3n) is 3.62. The van der Waals surface area contributed by atoms with Crippen LogP contribution in [0.1, 0.15) is 11.1 Å². The second kappa shape index (κ2) is 5.91. The van der Waals surface area contributed by atoms with Crippen molar-refractivity contribution in [3.05, 3.63) is 77.9 Å². The Hall–Kier alpha value is -2.17. The van der Waals surface area contributed by atoms with E-state index in [1.165, 1.54) is 0 Å². The Morgan fingerprint density at radius 1 is 0.864 bits per heavy atom. The summed E-state index contributed by atoms with van der Waals surface area (Å²) in [7, 11) is -3.51. The lowest BCUT2D eigenvalue weighted by molar-refractivity contribution is 0.581. The zero-order chi connectivity index (χ0) is 15.6. The topological polar surface area (TPSA) is 46.2 Å². The fourth-order valence-corrected chi connectivity index (χ4v) is 3.35. The number of fused-ring (bicyclic) bond motifs is 1. The number of benzene rings is 3. The van der Waals surface area contributed by atoms with Gasteiger partial charge in [-0.05, 0) is 35.4 Å². The summed E-state index contributed by atoms with van der Waals surface area (Å²) < 4.78 is 27.5. The maximum Gasteiger partial charge on any atom is 0.240 e. The highest BCUT2D eigenvalue weighted by Gasteiger charge is 2.13. The van der Waals surface area contributed by atoms with E-state index < -0.39 is 10.0 Å². The number of sulfonamides is 1. The van der Waals surface area contributed by atoms with Crippen molar-refractivity contribution in [3.8, 4) is 0 Å². The van der Waals surface area contributed by atoms with Crippen molar-refractivity contribution in [2.75, 3.05) is 0 Å². The van der Waals surface area contributed by atoms with Crippen molar-refractivity contribution >= 4 is 20.8 Å². The molecule has 0 spiro atoms. The van der Waals surface area contributed by atoms with Gasteiger partial charge in [0.1, 0.15) is 0 Å². The van der Waals surface area contributed by atoms with Crippen LogP contribution >= 0.6 is 0 Å². The number of hydrogen-bond acceptors (Lipinski definition) is 2. The number of nitrogens with one attached hydrogen (secondary N) is 1. The minimum Gasteiger partial charge on any atom is -0.207 e. The molecule has 4 heteroatoms. The maximum atomic E-state index is 12.4. The molecule has 0 unspecified atom stereocenters. The fourth-order valence-electron chi connectivity index (χ4n) is 2.30. The van der Waals surface area contributed by atoms with E-state index in [1.54, 1.807) is 12.1 Å². The van der Waals surface area contributed by atoms with Gasteiger partial charge in [0.05, 0.1) is 4.90 Å². The molecule has 0 amide bonds. The van der Waals surface area contributed by atoms with Crippen molar-refractivity contribution in [2.24, 2.45) is 0 Å². The Morgan fingerprint density at radius 2 is 1.55 bits per heavy atom. The first-order valence-electron chi connectivity index (χ1n) is 7.09. The van der Waals surface area contributed by atoms with Crippen LogP contribution in [0.3, 0.4) is 0 Å². The lowest BCUT2D eigenvalue weighted by Crippen LogP contribution is -2.23. The van der Waals surface area contributed by atoms with Gasteiger partial charge in [-0.3, -0.25) is 0 Å². The second-order valence-corrected chi connectivity index (χ2v) is 7.09. The first kappa shape index (κ1) is 14.8. The van der Waals surface area contributed by atoms with E-state index in [9.17, 15) is 8.42 Å². The highest BCUT2D eigenvalue weighted by Crippen LogP contribution is 2.19. The van der Waals surface area contributed by atoms with Gasteiger partial charge >= 0.3 is 0 Å². The van der Waals surface area contributed by atoms with Gasteiger partial charge in [-0.25, -0.2) is 13.1 Å². The minimum absolute atomic E-state index is 0.287. The molecule has 22 heavy (non-hydrogen) atoms. The van der Waals surface area contributed by atoms with Crippen LogP contribution in [0.15, 0.2) is 71.6 Å². The zero-order valence-electron chi connectivity index (χ0n) is 12.3. The molecule has 0 heterocycles. The summed E-state index contributed by atoms with van der Waals surface area (Å²) in [6, 6.07) is 20.7. The van der Waals surface area contributed by atoms with Gasteiger partial charge in [0.25, 0.3) is 0 Å². The summed E-state index contributed by atoms with van der Waals surface area (Å²) in [5, 5.41) is 1.95. The molecular formula is C18H17NO2S. The van der Waals surface area contributed by atoms with Crippen LogP contribution in [0.2, 0.25) is 0 Å². The van der Waals surface area contributed by atoms with E-state index in [0.717, 1.165) is 21.9 Å².